The fourth-order valence-corrected chi connectivity index (χ4v) is 3.91. The van der Waals surface area contributed by atoms with E-state index in [2.05, 4.69) is 16.6 Å². The van der Waals surface area contributed by atoms with Crippen molar-refractivity contribution in [3.63, 3.8) is 0 Å². The van der Waals surface area contributed by atoms with Crippen LogP contribution >= 0.6 is 0 Å². The summed E-state index contributed by atoms with van der Waals surface area (Å²) in [5.41, 5.74) is -1.11. The van der Waals surface area contributed by atoms with Crippen molar-refractivity contribution in [1.29, 1.82) is 0 Å². The molecule has 0 aliphatic carbocycles. The summed E-state index contributed by atoms with van der Waals surface area (Å²) in [5.74, 6) is -3.42. The molecule has 1 nitrogen and oxygen atoms in total. The van der Waals surface area contributed by atoms with Crippen molar-refractivity contribution in [2.45, 2.75) is 25.9 Å². The second-order valence-electron chi connectivity index (χ2n) is 8.88. The van der Waals surface area contributed by atoms with Crippen molar-refractivity contribution in [3.05, 3.63) is 136 Å². The predicted molar refractivity (Wildman–Crippen MR) is 138 cm³/mol. The van der Waals surface area contributed by atoms with E-state index >= 15 is 0 Å². The zero-order valence-corrected chi connectivity index (χ0v) is 21.4. The maximum atomic E-state index is 14.7. The normalized spacial score (nSPS) is 11.4. The topological polar surface area (TPSA) is 9.23 Å². The van der Waals surface area contributed by atoms with Crippen LogP contribution in [-0.4, -0.2) is 0 Å². The van der Waals surface area contributed by atoms with Gasteiger partial charge < -0.3 is 4.74 Å². The van der Waals surface area contributed by atoms with Gasteiger partial charge in [-0.25, -0.2) is 26.3 Å². The highest BCUT2D eigenvalue weighted by Gasteiger charge is 2.37. The molecule has 0 heterocycles. The lowest BCUT2D eigenvalue weighted by Crippen LogP contribution is -2.23. The van der Waals surface area contributed by atoms with E-state index < -0.39 is 52.3 Å². The van der Waals surface area contributed by atoms with Crippen molar-refractivity contribution in [1.82, 2.24) is 0 Å². The smallest absolute Gasteiger partial charge is 0.429 e. The van der Waals surface area contributed by atoms with Crippen LogP contribution in [0.25, 0.3) is 11.1 Å². The zero-order chi connectivity index (χ0) is 29.7. The highest BCUT2D eigenvalue weighted by atomic mass is 19.3. The molecule has 9 heteroatoms. The van der Waals surface area contributed by atoms with Gasteiger partial charge in [-0.1, -0.05) is 36.1 Å². The van der Waals surface area contributed by atoms with Gasteiger partial charge in [0.1, 0.15) is 23.2 Å². The van der Waals surface area contributed by atoms with Crippen LogP contribution in [0.4, 0.5) is 35.1 Å². The SMILES string of the molecule is C/C=C/CCc1ccc(C(F)(F)Oc2ccc(C#Cc3ccc(-c4cc(F)c(F)c(F)c4)c(F)c3)c(F)c2)c(F)c1. The van der Waals surface area contributed by atoms with E-state index in [9.17, 15) is 35.1 Å². The molecule has 0 atom stereocenters. The highest BCUT2D eigenvalue weighted by molar-refractivity contribution is 5.65. The number of hydrogen-bond donors (Lipinski definition) is 0. The van der Waals surface area contributed by atoms with Gasteiger partial charge in [-0.15, -0.1) is 0 Å². The van der Waals surface area contributed by atoms with Crippen LogP contribution in [-0.2, 0) is 12.5 Å². The number of allylic oxidation sites excluding steroid dienone is 2. The summed E-state index contributed by atoms with van der Waals surface area (Å²) >= 11 is 0. The maximum Gasteiger partial charge on any atom is 0.429 e. The first-order valence-corrected chi connectivity index (χ1v) is 12.2. The van der Waals surface area contributed by atoms with Crippen LogP contribution in [0.1, 0.15) is 35.6 Å². The third-order valence-electron chi connectivity index (χ3n) is 5.97. The van der Waals surface area contributed by atoms with Gasteiger partial charge in [0, 0.05) is 17.2 Å². The third-order valence-corrected chi connectivity index (χ3v) is 5.97. The summed E-state index contributed by atoms with van der Waals surface area (Å²) in [7, 11) is 0. The lowest BCUT2D eigenvalue weighted by Gasteiger charge is -2.19. The number of rotatable bonds is 7. The van der Waals surface area contributed by atoms with Crippen molar-refractivity contribution in [2.75, 3.05) is 0 Å². The molecule has 0 aliphatic rings. The van der Waals surface area contributed by atoms with Gasteiger partial charge in [0.25, 0.3) is 0 Å². The quantitative estimate of drug-likeness (QED) is 0.0929. The first-order valence-electron chi connectivity index (χ1n) is 12.2. The minimum atomic E-state index is -4.10. The molecule has 0 unspecified atom stereocenters. The van der Waals surface area contributed by atoms with E-state index in [0.717, 1.165) is 36.4 Å². The van der Waals surface area contributed by atoms with Gasteiger partial charge in [-0.3, -0.25) is 0 Å². The van der Waals surface area contributed by atoms with Crippen LogP contribution < -0.4 is 4.74 Å². The number of ether oxygens (including phenoxy) is 1. The summed E-state index contributed by atoms with van der Waals surface area (Å²) in [6, 6.07) is 10.7. The van der Waals surface area contributed by atoms with Gasteiger partial charge in [0.15, 0.2) is 17.5 Å². The molecule has 0 radical (unpaired) electrons. The summed E-state index contributed by atoms with van der Waals surface area (Å²) < 4.78 is 118. The van der Waals surface area contributed by atoms with Gasteiger partial charge in [-0.05, 0) is 79.4 Å². The Bertz CT molecular complexity index is 1660. The summed E-state index contributed by atoms with van der Waals surface area (Å²) in [4.78, 5) is 0. The van der Waals surface area contributed by atoms with Crippen molar-refractivity contribution >= 4 is 0 Å². The van der Waals surface area contributed by atoms with Gasteiger partial charge in [0.2, 0.25) is 0 Å². The van der Waals surface area contributed by atoms with Crippen molar-refractivity contribution < 1.29 is 39.9 Å². The molecule has 0 saturated heterocycles. The lowest BCUT2D eigenvalue weighted by atomic mass is 10.0. The average molecular weight is 572 g/mol. The predicted octanol–water partition coefficient (Wildman–Crippen LogP) is 9.22. The molecular formula is C32H20F8O. The number of alkyl halides is 2. The average Bonchev–Trinajstić information content (AvgIpc) is 2.91. The van der Waals surface area contributed by atoms with Gasteiger partial charge >= 0.3 is 6.11 Å². The summed E-state index contributed by atoms with van der Waals surface area (Å²) in [5, 5.41) is 0. The van der Waals surface area contributed by atoms with Crippen LogP contribution in [0.3, 0.4) is 0 Å². The van der Waals surface area contributed by atoms with Crippen molar-refractivity contribution in [2.24, 2.45) is 0 Å². The molecule has 0 bridgehead atoms. The zero-order valence-electron chi connectivity index (χ0n) is 21.4. The molecule has 0 saturated carbocycles. The molecule has 41 heavy (non-hydrogen) atoms. The monoisotopic (exact) mass is 572 g/mol. The molecule has 4 aromatic rings. The Morgan fingerprint density at radius 1 is 0.732 bits per heavy atom. The van der Waals surface area contributed by atoms with E-state index in [1.54, 1.807) is 0 Å². The molecule has 0 fully saturated rings. The Morgan fingerprint density at radius 2 is 1.46 bits per heavy atom. The largest absolute Gasteiger partial charge is 0.429 e. The number of halogens is 8. The lowest BCUT2D eigenvalue weighted by molar-refractivity contribution is -0.187. The molecular weight excluding hydrogens is 552 g/mol. The Balaban J connectivity index is 1.49. The summed E-state index contributed by atoms with van der Waals surface area (Å²) in [6.07, 6.45) is 0.677. The van der Waals surface area contributed by atoms with E-state index in [-0.39, 0.29) is 22.3 Å². The number of benzene rings is 4. The minimum absolute atomic E-state index is 0.0604. The van der Waals surface area contributed by atoms with Crippen LogP contribution in [0.5, 0.6) is 5.75 Å². The van der Waals surface area contributed by atoms with E-state index in [4.69, 9.17) is 0 Å². The van der Waals surface area contributed by atoms with Gasteiger partial charge in [0.05, 0.1) is 11.1 Å². The van der Waals surface area contributed by atoms with E-state index in [1.165, 1.54) is 12.1 Å². The summed E-state index contributed by atoms with van der Waals surface area (Å²) in [6.45, 7) is 1.83. The Hall–Kier alpha value is -4.58. The molecule has 4 aromatic carbocycles. The molecule has 0 spiro atoms. The third kappa shape index (κ3) is 6.95. The Morgan fingerprint density at radius 3 is 2.10 bits per heavy atom. The van der Waals surface area contributed by atoms with Gasteiger partial charge in [-0.2, -0.15) is 8.78 Å². The fourth-order valence-electron chi connectivity index (χ4n) is 3.91. The minimum Gasteiger partial charge on any atom is -0.429 e. The second-order valence-corrected chi connectivity index (χ2v) is 8.88. The van der Waals surface area contributed by atoms with E-state index in [0.29, 0.717) is 36.6 Å². The first-order chi connectivity index (χ1) is 19.5. The van der Waals surface area contributed by atoms with E-state index in [1.807, 2.05) is 19.1 Å². The Labute approximate surface area is 230 Å². The number of hydrogen-bond acceptors (Lipinski definition) is 1. The standard InChI is InChI=1S/C32H20F8O/c1-2-3-4-5-19-8-13-25(28(35)15-19)32(39,40)41-23-11-10-21(26(33)18-23)9-6-20-7-12-24(27(34)14-20)22-16-29(36)31(38)30(37)17-22/h2-3,7-8,10-18H,4-5H2,1H3/b3-2+. The molecule has 0 aliphatic heterocycles. The molecule has 0 amide bonds. The van der Waals surface area contributed by atoms with Crippen molar-refractivity contribution in [3.8, 4) is 28.7 Å². The first kappa shape index (κ1) is 29.4. The maximum absolute atomic E-state index is 14.7. The molecule has 210 valence electrons. The molecule has 0 N–H and O–H groups in total. The molecule has 0 aromatic heterocycles. The van der Waals surface area contributed by atoms with Crippen LogP contribution in [0.2, 0.25) is 0 Å². The molecule has 4 rings (SSSR count). The van der Waals surface area contributed by atoms with Crippen LogP contribution in [0.15, 0.2) is 78.9 Å². The highest BCUT2D eigenvalue weighted by Crippen LogP contribution is 2.34. The van der Waals surface area contributed by atoms with Crippen LogP contribution in [0, 0.1) is 46.7 Å². The fraction of sp³-hybridized carbons (Fsp3) is 0.125. The number of aryl methyl sites for hydroxylation is 1. The Kier molecular flexibility index (Phi) is 8.82. The second kappa shape index (κ2) is 12.3.